The first kappa shape index (κ1) is 14.6. The number of halogens is 1. The van der Waals surface area contributed by atoms with Crippen LogP contribution in [0.15, 0.2) is 40.9 Å². The van der Waals surface area contributed by atoms with Crippen LogP contribution in [0.4, 0.5) is 5.82 Å². The fraction of sp³-hybridized carbons (Fsp3) is 0.0714. The Hall–Kier alpha value is -1.79. The lowest BCUT2D eigenvalue weighted by atomic mass is 10.1. The average molecular weight is 350 g/mol. The number of aryl methyl sites for hydroxylation is 1. The summed E-state index contributed by atoms with van der Waals surface area (Å²) in [5.41, 5.74) is 7.50. The summed E-state index contributed by atoms with van der Waals surface area (Å²) in [4.78, 5) is 16.7. The van der Waals surface area contributed by atoms with Gasteiger partial charge in [0.2, 0.25) is 0 Å². The maximum Gasteiger partial charge on any atom is 0.256 e. The fourth-order valence-electron chi connectivity index (χ4n) is 1.62. The van der Waals surface area contributed by atoms with E-state index >= 15 is 0 Å². The molecule has 0 aliphatic heterocycles. The predicted molar refractivity (Wildman–Crippen MR) is 87.0 cm³/mol. The third-order valence-corrected chi connectivity index (χ3v) is 3.75. The number of thiocarbonyl (C=S) groups is 1. The van der Waals surface area contributed by atoms with Crippen molar-refractivity contribution >= 4 is 44.9 Å². The Kier molecular flexibility index (Phi) is 4.46. The Balaban J connectivity index is 2.21. The van der Waals surface area contributed by atoms with Crippen LogP contribution in [0.2, 0.25) is 0 Å². The van der Waals surface area contributed by atoms with Gasteiger partial charge in [-0.2, -0.15) is 0 Å². The molecule has 1 aromatic heterocycles. The molecule has 0 atom stereocenters. The van der Waals surface area contributed by atoms with Crippen molar-refractivity contribution in [1.82, 2.24) is 4.98 Å². The molecule has 0 aliphatic carbocycles. The summed E-state index contributed by atoms with van der Waals surface area (Å²) in [6, 6.07) is 10.4. The molecule has 6 heteroatoms. The summed E-state index contributed by atoms with van der Waals surface area (Å²) in [5, 5.41) is 2.74. The van der Waals surface area contributed by atoms with Crippen molar-refractivity contribution in [3.8, 4) is 0 Å². The Labute approximate surface area is 130 Å². The van der Waals surface area contributed by atoms with Crippen molar-refractivity contribution in [2.45, 2.75) is 6.92 Å². The van der Waals surface area contributed by atoms with Gasteiger partial charge >= 0.3 is 0 Å². The van der Waals surface area contributed by atoms with Gasteiger partial charge in [0.1, 0.15) is 10.8 Å². The molecular weight excluding hydrogens is 338 g/mol. The quantitative estimate of drug-likeness (QED) is 0.835. The first-order valence-electron chi connectivity index (χ1n) is 5.82. The van der Waals surface area contributed by atoms with Gasteiger partial charge in [-0.25, -0.2) is 4.98 Å². The highest BCUT2D eigenvalue weighted by molar-refractivity contribution is 9.10. The van der Waals surface area contributed by atoms with Crippen LogP contribution >= 0.6 is 28.1 Å². The number of nitrogens with two attached hydrogens (primary N) is 1. The molecule has 1 aromatic carbocycles. The number of carbonyl (C=O) groups is 1. The van der Waals surface area contributed by atoms with E-state index in [-0.39, 0.29) is 10.9 Å². The van der Waals surface area contributed by atoms with E-state index in [0.29, 0.717) is 16.9 Å². The average Bonchev–Trinajstić information content (AvgIpc) is 2.43. The van der Waals surface area contributed by atoms with Gasteiger partial charge in [0.15, 0.2) is 0 Å². The molecule has 2 aromatic rings. The fourth-order valence-corrected chi connectivity index (χ4v) is 1.96. The van der Waals surface area contributed by atoms with Crippen LogP contribution in [-0.2, 0) is 0 Å². The van der Waals surface area contributed by atoms with Gasteiger partial charge < -0.3 is 11.1 Å². The molecule has 20 heavy (non-hydrogen) atoms. The lowest BCUT2D eigenvalue weighted by molar-refractivity contribution is 0.102. The molecule has 4 nitrogen and oxygen atoms in total. The third kappa shape index (κ3) is 3.40. The Morgan fingerprint density at radius 2 is 2.00 bits per heavy atom. The number of rotatable bonds is 3. The normalized spacial score (nSPS) is 10.1. The van der Waals surface area contributed by atoms with Crippen molar-refractivity contribution in [3.05, 3.63) is 57.7 Å². The standard InChI is InChI=1S/C14H12BrN3OS/c1-8-11(15)5-6-12(17-8)18-14(19)10-4-2-3-9(7-10)13(16)20/h2-7H,1H3,(H2,16,20)(H,17,18,19). The highest BCUT2D eigenvalue weighted by Gasteiger charge is 2.09. The van der Waals surface area contributed by atoms with Crippen LogP contribution in [0.25, 0.3) is 0 Å². The van der Waals surface area contributed by atoms with E-state index in [2.05, 4.69) is 26.2 Å². The van der Waals surface area contributed by atoms with Crippen LogP contribution in [0, 0.1) is 6.92 Å². The van der Waals surface area contributed by atoms with Gasteiger partial charge in [0.25, 0.3) is 5.91 Å². The molecule has 102 valence electrons. The predicted octanol–water partition coefficient (Wildman–Crippen LogP) is 3.04. The summed E-state index contributed by atoms with van der Waals surface area (Å²) < 4.78 is 0.894. The van der Waals surface area contributed by atoms with E-state index in [9.17, 15) is 4.79 Å². The zero-order chi connectivity index (χ0) is 14.7. The summed E-state index contributed by atoms with van der Waals surface area (Å²) in [6.07, 6.45) is 0. The molecule has 0 spiro atoms. The maximum atomic E-state index is 12.1. The number of aromatic nitrogens is 1. The van der Waals surface area contributed by atoms with Crippen molar-refractivity contribution in [2.24, 2.45) is 5.73 Å². The first-order chi connectivity index (χ1) is 9.47. The molecule has 0 saturated heterocycles. The first-order valence-corrected chi connectivity index (χ1v) is 7.02. The Morgan fingerprint density at radius 3 is 2.65 bits per heavy atom. The number of nitrogens with one attached hydrogen (secondary N) is 1. The van der Waals surface area contributed by atoms with E-state index in [1.807, 2.05) is 13.0 Å². The summed E-state index contributed by atoms with van der Waals surface area (Å²) >= 11 is 8.26. The number of amides is 1. The molecular formula is C14H12BrN3OS. The Morgan fingerprint density at radius 1 is 1.30 bits per heavy atom. The van der Waals surface area contributed by atoms with E-state index in [1.165, 1.54) is 0 Å². The number of anilines is 1. The number of benzene rings is 1. The summed E-state index contributed by atoms with van der Waals surface area (Å²) in [7, 11) is 0. The lowest BCUT2D eigenvalue weighted by Gasteiger charge is -2.07. The molecule has 0 bridgehead atoms. The third-order valence-electron chi connectivity index (χ3n) is 2.67. The molecule has 1 amide bonds. The number of nitrogens with zero attached hydrogens (tertiary/aromatic N) is 1. The van der Waals surface area contributed by atoms with E-state index in [0.717, 1.165) is 10.2 Å². The monoisotopic (exact) mass is 349 g/mol. The second-order valence-corrected chi connectivity index (χ2v) is 5.46. The van der Waals surface area contributed by atoms with Gasteiger partial charge in [-0.3, -0.25) is 4.79 Å². The number of hydrogen-bond donors (Lipinski definition) is 2. The molecule has 0 aliphatic rings. The molecule has 0 radical (unpaired) electrons. The van der Waals surface area contributed by atoms with Crippen LogP contribution in [-0.4, -0.2) is 15.9 Å². The smallest absolute Gasteiger partial charge is 0.256 e. The van der Waals surface area contributed by atoms with Gasteiger partial charge in [-0.05, 0) is 47.1 Å². The summed E-state index contributed by atoms with van der Waals surface area (Å²) in [5.74, 6) is 0.244. The molecule has 0 fully saturated rings. The lowest BCUT2D eigenvalue weighted by Crippen LogP contribution is -2.15. The van der Waals surface area contributed by atoms with Crippen LogP contribution < -0.4 is 11.1 Å². The Bertz CT molecular complexity index is 688. The second-order valence-electron chi connectivity index (χ2n) is 4.16. The maximum absolute atomic E-state index is 12.1. The van der Waals surface area contributed by atoms with Crippen molar-refractivity contribution in [3.63, 3.8) is 0 Å². The van der Waals surface area contributed by atoms with Gasteiger partial charge in [-0.1, -0.05) is 24.4 Å². The van der Waals surface area contributed by atoms with Gasteiger partial charge in [0, 0.05) is 15.6 Å². The zero-order valence-corrected chi connectivity index (χ0v) is 13.1. The van der Waals surface area contributed by atoms with Crippen molar-refractivity contribution < 1.29 is 4.79 Å². The molecule has 3 N–H and O–H groups in total. The molecule has 2 rings (SSSR count). The summed E-state index contributed by atoms with van der Waals surface area (Å²) in [6.45, 7) is 1.85. The highest BCUT2D eigenvalue weighted by Crippen LogP contribution is 2.17. The second kappa shape index (κ2) is 6.11. The molecule has 0 saturated carbocycles. The van der Waals surface area contributed by atoms with Gasteiger partial charge in [0.05, 0.1) is 5.69 Å². The SMILES string of the molecule is Cc1nc(NC(=O)c2cccc(C(N)=S)c2)ccc1Br. The van der Waals surface area contributed by atoms with Crippen molar-refractivity contribution in [2.75, 3.05) is 5.32 Å². The highest BCUT2D eigenvalue weighted by atomic mass is 79.9. The minimum atomic E-state index is -0.252. The minimum absolute atomic E-state index is 0.252. The topological polar surface area (TPSA) is 68.0 Å². The number of pyridine rings is 1. The van der Waals surface area contributed by atoms with E-state index in [4.69, 9.17) is 18.0 Å². The number of carbonyl (C=O) groups excluding carboxylic acids is 1. The molecule has 1 heterocycles. The van der Waals surface area contributed by atoms with E-state index < -0.39 is 0 Å². The van der Waals surface area contributed by atoms with Gasteiger partial charge in [-0.15, -0.1) is 0 Å². The molecule has 0 unspecified atom stereocenters. The van der Waals surface area contributed by atoms with Crippen LogP contribution in [0.3, 0.4) is 0 Å². The minimum Gasteiger partial charge on any atom is -0.389 e. The van der Waals surface area contributed by atoms with Crippen LogP contribution in [0.1, 0.15) is 21.6 Å². The zero-order valence-electron chi connectivity index (χ0n) is 10.7. The largest absolute Gasteiger partial charge is 0.389 e. The number of hydrogen-bond acceptors (Lipinski definition) is 3. The van der Waals surface area contributed by atoms with E-state index in [1.54, 1.807) is 30.3 Å². The van der Waals surface area contributed by atoms with Crippen LogP contribution in [0.5, 0.6) is 0 Å². The van der Waals surface area contributed by atoms with Crippen molar-refractivity contribution in [1.29, 1.82) is 0 Å².